The lowest BCUT2D eigenvalue weighted by atomic mass is 10.2. The van der Waals surface area contributed by atoms with Gasteiger partial charge in [-0.15, -0.1) is 0 Å². The highest BCUT2D eigenvalue weighted by Gasteiger charge is 2.04. The highest BCUT2D eigenvalue weighted by molar-refractivity contribution is 5.11. The van der Waals surface area contributed by atoms with Crippen molar-refractivity contribution in [3.63, 3.8) is 0 Å². The van der Waals surface area contributed by atoms with E-state index in [0.717, 1.165) is 38.4 Å². The van der Waals surface area contributed by atoms with Crippen molar-refractivity contribution in [2.45, 2.75) is 40.2 Å². The van der Waals surface area contributed by atoms with Gasteiger partial charge in [0.1, 0.15) is 0 Å². The van der Waals surface area contributed by atoms with E-state index in [1.807, 2.05) is 10.9 Å². The van der Waals surface area contributed by atoms with Crippen LogP contribution in [0.4, 0.5) is 0 Å². The van der Waals surface area contributed by atoms with Gasteiger partial charge in [-0.1, -0.05) is 20.8 Å². The molecule has 0 aromatic carbocycles. The summed E-state index contributed by atoms with van der Waals surface area (Å²) < 4.78 is 7.63. The Balaban J connectivity index is 2.19. The van der Waals surface area contributed by atoms with E-state index in [1.165, 1.54) is 6.42 Å². The highest BCUT2D eigenvalue weighted by Crippen LogP contribution is 2.10. The number of aromatic nitrogens is 2. The third-order valence-corrected chi connectivity index (χ3v) is 2.52. The van der Waals surface area contributed by atoms with E-state index in [0.29, 0.717) is 5.92 Å². The number of ether oxygens (including phenoxy) is 1. The van der Waals surface area contributed by atoms with Crippen molar-refractivity contribution in [1.82, 2.24) is 15.1 Å². The molecule has 1 atom stereocenters. The fourth-order valence-corrected chi connectivity index (χ4v) is 1.59. The summed E-state index contributed by atoms with van der Waals surface area (Å²) in [5.74, 6) is 1.40. The van der Waals surface area contributed by atoms with E-state index in [2.05, 4.69) is 31.2 Å². The van der Waals surface area contributed by atoms with Crippen molar-refractivity contribution < 1.29 is 4.74 Å². The van der Waals surface area contributed by atoms with E-state index >= 15 is 0 Å². The number of rotatable bonds is 9. The Morgan fingerprint density at radius 1 is 1.41 bits per heavy atom. The van der Waals surface area contributed by atoms with Gasteiger partial charge in [0.05, 0.1) is 19.0 Å². The van der Waals surface area contributed by atoms with Crippen LogP contribution < -0.4 is 10.1 Å². The van der Waals surface area contributed by atoms with Gasteiger partial charge in [0.2, 0.25) is 0 Å². The SMILES string of the molecule is CCCNCC(C)COc1cnn(CCC)c1. The van der Waals surface area contributed by atoms with Gasteiger partial charge in [-0.25, -0.2) is 0 Å². The molecule has 1 N–H and O–H groups in total. The van der Waals surface area contributed by atoms with Gasteiger partial charge < -0.3 is 10.1 Å². The standard InChI is InChI=1S/C13H25N3O/c1-4-6-14-8-12(3)11-17-13-9-15-16(10-13)7-5-2/h9-10,12,14H,4-8,11H2,1-3H3. The normalized spacial score (nSPS) is 12.6. The number of hydrogen-bond donors (Lipinski definition) is 1. The Labute approximate surface area is 104 Å². The molecule has 1 rings (SSSR count). The predicted octanol–water partition coefficient (Wildman–Crippen LogP) is 2.31. The molecule has 1 aromatic rings. The molecule has 0 aliphatic rings. The molecule has 1 heterocycles. The summed E-state index contributed by atoms with van der Waals surface area (Å²) >= 11 is 0. The van der Waals surface area contributed by atoms with Crippen molar-refractivity contribution in [1.29, 1.82) is 0 Å². The minimum absolute atomic E-state index is 0.524. The van der Waals surface area contributed by atoms with Crippen LogP contribution in [0, 0.1) is 5.92 Å². The molecule has 0 saturated carbocycles. The minimum atomic E-state index is 0.524. The molecule has 98 valence electrons. The molecular weight excluding hydrogens is 214 g/mol. The smallest absolute Gasteiger partial charge is 0.157 e. The van der Waals surface area contributed by atoms with Crippen LogP contribution in [0.5, 0.6) is 5.75 Å². The van der Waals surface area contributed by atoms with Crippen LogP contribution in [0.3, 0.4) is 0 Å². The molecule has 1 aromatic heterocycles. The van der Waals surface area contributed by atoms with E-state index in [9.17, 15) is 0 Å². The molecule has 0 aliphatic carbocycles. The molecule has 0 amide bonds. The molecule has 0 bridgehead atoms. The van der Waals surface area contributed by atoms with Gasteiger partial charge in [0.25, 0.3) is 0 Å². The number of nitrogens with one attached hydrogen (secondary N) is 1. The first-order valence-corrected chi connectivity index (χ1v) is 6.62. The van der Waals surface area contributed by atoms with Gasteiger partial charge in [0, 0.05) is 19.0 Å². The summed E-state index contributed by atoms with van der Waals surface area (Å²) in [6.07, 6.45) is 6.04. The first kappa shape index (κ1) is 14.0. The van der Waals surface area contributed by atoms with Gasteiger partial charge in [0.15, 0.2) is 5.75 Å². The maximum atomic E-state index is 5.70. The molecule has 4 heteroatoms. The van der Waals surface area contributed by atoms with Gasteiger partial charge in [-0.05, 0) is 19.4 Å². The molecule has 17 heavy (non-hydrogen) atoms. The fourth-order valence-electron chi connectivity index (χ4n) is 1.59. The van der Waals surface area contributed by atoms with E-state index < -0.39 is 0 Å². The van der Waals surface area contributed by atoms with Gasteiger partial charge in [-0.2, -0.15) is 5.10 Å². The number of nitrogens with zero attached hydrogens (tertiary/aromatic N) is 2. The van der Waals surface area contributed by atoms with Crippen LogP contribution in [-0.2, 0) is 6.54 Å². The monoisotopic (exact) mass is 239 g/mol. The van der Waals surface area contributed by atoms with E-state index in [-0.39, 0.29) is 0 Å². The summed E-state index contributed by atoms with van der Waals surface area (Å²) in [6, 6.07) is 0. The first-order valence-electron chi connectivity index (χ1n) is 6.62. The van der Waals surface area contributed by atoms with Crippen molar-refractivity contribution >= 4 is 0 Å². The predicted molar refractivity (Wildman–Crippen MR) is 70.3 cm³/mol. The average Bonchev–Trinajstić information content (AvgIpc) is 2.75. The van der Waals surface area contributed by atoms with E-state index in [4.69, 9.17) is 4.74 Å². The minimum Gasteiger partial charge on any atom is -0.490 e. The summed E-state index contributed by atoms with van der Waals surface area (Å²) in [4.78, 5) is 0. The molecule has 0 radical (unpaired) electrons. The summed E-state index contributed by atoms with van der Waals surface area (Å²) in [6.45, 7) is 10.3. The van der Waals surface area contributed by atoms with Crippen molar-refractivity contribution in [3.8, 4) is 5.75 Å². The summed E-state index contributed by atoms with van der Waals surface area (Å²) in [5, 5.41) is 7.63. The van der Waals surface area contributed by atoms with Gasteiger partial charge >= 0.3 is 0 Å². The number of aryl methyl sites for hydroxylation is 1. The van der Waals surface area contributed by atoms with Gasteiger partial charge in [-0.3, -0.25) is 4.68 Å². The lowest BCUT2D eigenvalue weighted by Gasteiger charge is -2.12. The number of hydrogen-bond acceptors (Lipinski definition) is 3. The second-order valence-electron chi connectivity index (χ2n) is 4.56. The van der Waals surface area contributed by atoms with Crippen molar-refractivity contribution in [2.75, 3.05) is 19.7 Å². The average molecular weight is 239 g/mol. The highest BCUT2D eigenvalue weighted by atomic mass is 16.5. The summed E-state index contributed by atoms with van der Waals surface area (Å²) in [7, 11) is 0. The molecule has 0 aliphatic heterocycles. The zero-order valence-corrected chi connectivity index (χ0v) is 11.3. The maximum Gasteiger partial charge on any atom is 0.157 e. The quantitative estimate of drug-likeness (QED) is 0.672. The maximum absolute atomic E-state index is 5.70. The zero-order valence-electron chi connectivity index (χ0n) is 11.3. The molecule has 4 nitrogen and oxygen atoms in total. The van der Waals surface area contributed by atoms with E-state index in [1.54, 1.807) is 6.20 Å². The Hall–Kier alpha value is -1.03. The third kappa shape index (κ3) is 5.73. The molecule has 1 unspecified atom stereocenters. The van der Waals surface area contributed by atoms with Crippen LogP contribution in [0.2, 0.25) is 0 Å². The lowest BCUT2D eigenvalue weighted by Crippen LogP contribution is -2.25. The molecule has 0 fully saturated rings. The lowest BCUT2D eigenvalue weighted by molar-refractivity contribution is 0.255. The van der Waals surface area contributed by atoms with Crippen molar-refractivity contribution in [2.24, 2.45) is 5.92 Å². The second kappa shape index (κ2) is 8.12. The first-order chi connectivity index (χ1) is 8.26. The Morgan fingerprint density at radius 3 is 2.94 bits per heavy atom. The van der Waals surface area contributed by atoms with Crippen LogP contribution in [0.25, 0.3) is 0 Å². The second-order valence-corrected chi connectivity index (χ2v) is 4.56. The fraction of sp³-hybridized carbons (Fsp3) is 0.769. The molecule has 0 spiro atoms. The topological polar surface area (TPSA) is 39.1 Å². The molecule has 0 saturated heterocycles. The molecular formula is C13H25N3O. The third-order valence-electron chi connectivity index (χ3n) is 2.52. The Morgan fingerprint density at radius 2 is 2.24 bits per heavy atom. The van der Waals surface area contributed by atoms with Crippen LogP contribution in [0.15, 0.2) is 12.4 Å². The van der Waals surface area contributed by atoms with Crippen LogP contribution >= 0.6 is 0 Å². The zero-order chi connectivity index (χ0) is 12.5. The van der Waals surface area contributed by atoms with Crippen LogP contribution in [-0.4, -0.2) is 29.5 Å². The summed E-state index contributed by atoms with van der Waals surface area (Å²) in [5.41, 5.74) is 0. The van der Waals surface area contributed by atoms with Crippen LogP contribution in [0.1, 0.15) is 33.6 Å². The Kier molecular flexibility index (Phi) is 6.70. The Bertz CT molecular complexity index is 299. The van der Waals surface area contributed by atoms with Crippen molar-refractivity contribution in [3.05, 3.63) is 12.4 Å². The largest absolute Gasteiger partial charge is 0.490 e.